The third kappa shape index (κ3) is 4.32. The van der Waals surface area contributed by atoms with Gasteiger partial charge in [-0.25, -0.2) is 0 Å². The molecule has 1 saturated carbocycles. The lowest BCUT2D eigenvalue weighted by molar-refractivity contribution is -0.122. The van der Waals surface area contributed by atoms with E-state index in [1.54, 1.807) is 6.20 Å². The molecule has 0 aromatic carbocycles. The molecule has 1 N–H and O–H groups in total. The predicted molar refractivity (Wildman–Crippen MR) is 84.9 cm³/mol. The zero-order valence-corrected chi connectivity index (χ0v) is 13.9. The zero-order chi connectivity index (χ0) is 15.5. The van der Waals surface area contributed by atoms with E-state index in [0.717, 1.165) is 18.5 Å². The minimum absolute atomic E-state index is 0.178. The summed E-state index contributed by atoms with van der Waals surface area (Å²) in [6.45, 7) is 6.87. The summed E-state index contributed by atoms with van der Waals surface area (Å²) in [6, 6.07) is 2.32. The molecular weight excluding hydrogens is 262 g/mol. The first-order valence-electron chi connectivity index (χ1n) is 8.14. The number of aryl methyl sites for hydroxylation is 2. The van der Waals surface area contributed by atoms with Crippen molar-refractivity contribution in [2.75, 3.05) is 0 Å². The van der Waals surface area contributed by atoms with Crippen LogP contribution in [0.25, 0.3) is 0 Å². The van der Waals surface area contributed by atoms with Gasteiger partial charge >= 0.3 is 0 Å². The number of amides is 1. The second-order valence-electron chi connectivity index (χ2n) is 7.38. The number of rotatable bonds is 4. The van der Waals surface area contributed by atoms with Gasteiger partial charge in [-0.2, -0.15) is 5.10 Å². The van der Waals surface area contributed by atoms with Crippen molar-refractivity contribution < 1.29 is 4.79 Å². The standard InChI is InChI=1S/C17H29N3O/c1-17(2,3)14-7-5-6-8-15(14)19-16(21)10-9-13-11-12-18-20(13)4/h11-12,14-15H,5-10H2,1-4H3,(H,19,21)/t14-,15-/m0/s1. The van der Waals surface area contributed by atoms with Crippen molar-refractivity contribution in [2.24, 2.45) is 18.4 Å². The highest BCUT2D eigenvalue weighted by Crippen LogP contribution is 2.37. The van der Waals surface area contributed by atoms with E-state index < -0.39 is 0 Å². The van der Waals surface area contributed by atoms with Gasteiger partial charge in [0.15, 0.2) is 0 Å². The molecule has 4 nitrogen and oxygen atoms in total. The van der Waals surface area contributed by atoms with Crippen molar-refractivity contribution >= 4 is 5.91 Å². The average Bonchev–Trinajstić information content (AvgIpc) is 2.81. The van der Waals surface area contributed by atoms with Gasteiger partial charge in [-0.3, -0.25) is 9.48 Å². The largest absolute Gasteiger partial charge is 0.353 e. The molecule has 0 spiro atoms. The second kappa shape index (κ2) is 6.63. The van der Waals surface area contributed by atoms with Crippen molar-refractivity contribution in [3.8, 4) is 0 Å². The topological polar surface area (TPSA) is 46.9 Å². The van der Waals surface area contributed by atoms with E-state index in [9.17, 15) is 4.79 Å². The molecule has 0 saturated heterocycles. The summed E-state index contributed by atoms with van der Waals surface area (Å²) in [5.41, 5.74) is 1.38. The summed E-state index contributed by atoms with van der Waals surface area (Å²) >= 11 is 0. The third-order valence-electron chi connectivity index (χ3n) is 4.76. The van der Waals surface area contributed by atoms with Crippen molar-refractivity contribution in [1.29, 1.82) is 0 Å². The fourth-order valence-electron chi connectivity index (χ4n) is 3.51. The summed E-state index contributed by atoms with van der Waals surface area (Å²) in [7, 11) is 1.92. The van der Waals surface area contributed by atoms with Crippen molar-refractivity contribution in [3.63, 3.8) is 0 Å². The van der Waals surface area contributed by atoms with E-state index in [-0.39, 0.29) is 11.3 Å². The third-order valence-corrected chi connectivity index (χ3v) is 4.76. The average molecular weight is 291 g/mol. The van der Waals surface area contributed by atoms with E-state index in [4.69, 9.17) is 0 Å². The van der Waals surface area contributed by atoms with Gasteiger partial charge in [0.05, 0.1) is 0 Å². The van der Waals surface area contributed by atoms with Crippen LogP contribution in [0.2, 0.25) is 0 Å². The molecule has 1 amide bonds. The molecule has 0 bridgehead atoms. The Hall–Kier alpha value is -1.32. The minimum Gasteiger partial charge on any atom is -0.353 e. The molecule has 0 unspecified atom stereocenters. The summed E-state index contributed by atoms with van der Waals surface area (Å²) in [6.07, 6.45) is 7.98. The Morgan fingerprint density at radius 2 is 2.10 bits per heavy atom. The molecule has 1 fully saturated rings. The lowest BCUT2D eigenvalue weighted by Crippen LogP contribution is -2.46. The molecule has 1 heterocycles. The van der Waals surface area contributed by atoms with Crippen LogP contribution in [0, 0.1) is 11.3 Å². The molecule has 4 heteroatoms. The highest BCUT2D eigenvalue weighted by molar-refractivity contribution is 5.76. The van der Waals surface area contributed by atoms with Gasteiger partial charge in [0.2, 0.25) is 5.91 Å². The van der Waals surface area contributed by atoms with Crippen LogP contribution in [0.4, 0.5) is 0 Å². The van der Waals surface area contributed by atoms with Crippen LogP contribution in [0.3, 0.4) is 0 Å². The molecule has 1 aliphatic carbocycles. The second-order valence-corrected chi connectivity index (χ2v) is 7.38. The van der Waals surface area contributed by atoms with E-state index in [1.807, 2.05) is 17.8 Å². The first-order valence-corrected chi connectivity index (χ1v) is 8.14. The van der Waals surface area contributed by atoms with E-state index in [1.165, 1.54) is 19.3 Å². The molecule has 1 aromatic rings. The van der Waals surface area contributed by atoms with Gasteiger partial charge in [0, 0.05) is 31.4 Å². The highest BCUT2D eigenvalue weighted by atomic mass is 16.1. The van der Waals surface area contributed by atoms with Crippen LogP contribution in [0.15, 0.2) is 12.3 Å². The Morgan fingerprint density at radius 3 is 2.71 bits per heavy atom. The number of carbonyl (C=O) groups excluding carboxylic acids is 1. The highest BCUT2D eigenvalue weighted by Gasteiger charge is 2.34. The number of hydrogen-bond donors (Lipinski definition) is 1. The van der Waals surface area contributed by atoms with E-state index in [2.05, 4.69) is 31.2 Å². The van der Waals surface area contributed by atoms with Gasteiger partial charge in [0.25, 0.3) is 0 Å². The molecule has 2 atom stereocenters. The van der Waals surface area contributed by atoms with Crippen molar-refractivity contribution in [3.05, 3.63) is 18.0 Å². The Bertz CT molecular complexity index is 473. The van der Waals surface area contributed by atoms with Crippen LogP contribution in [-0.4, -0.2) is 21.7 Å². The maximum absolute atomic E-state index is 12.2. The molecule has 21 heavy (non-hydrogen) atoms. The van der Waals surface area contributed by atoms with Gasteiger partial charge < -0.3 is 5.32 Å². The molecule has 118 valence electrons. The summed E-state index contributed by atoms with van der Waals surface area (Å²) in [5.74, 6) is 0.768. The summed E-state index contributed by atoms with van der Waals surface area (Å²) in [4.78, 5) is 12.2. The summed E-state index contributed by atoms with van der Waals surface area (Å²) < 4.78 is 1.84. The molecule has 2 rings (SSSR count). The maximum Gasteiger partial charge on any atom is 0.220 e. The van der Waals surface area contributed by atoms with E-state index >= 15 is 0 Å². The zero-order valence-electron chi connectivity index (χ0n) is 13.9. The van der Waals surface area contributed by atoms with Crippen molar-refractivity contribution in [2.45, 2.75) is 65.3 Å². The first kappa shape index (κ1) is 16.1. The number of nitrogens with zero attached hydrogens (tertiary/aromatic N) is 2. The first-order chi connectivity index (χ1) is 9.88. The van der Waals surface area contributed by atoms with Crippen LogP contribution in [0.5, 0.6) is 0 Å². The number of hydrogen-bond acceptors (Lipinski definition) is 2. The quantitative estimate of drug-likeness (QED) is 0.926. The molecule has 1 aromatic heterocycles. The molecule has 1 aliphatic rings. The number of nitrogens with one attached hydrogen (secondary N) is 1. The van der Waals surface area contributed by atoms with Gasteiger partial charge in [-0.1, -0.05) is 33.6 Å². The fraction of sp³-hybridized carbons (Fsp3) is 0.765. The van der Waals surface area contributed by atoms with E-state index in [0.29, 0.717) is 18.4 Å². The lowest BCUT2D eigenvalue weighted by Gasteiger charge is -2.40. The minimum atomic E-state index is 0.178. The molecular formula is C17H29N3O. The number of carbonyl (C=O) groups is 1. The maximum atomic E-state index is 12.2. The van der Waals surface area contributed by atoms with Gasteiger partial charge in [-0.15, -0.1) is 0 Å². The fourth-order valence-corrected chi connectivity index (χ4v) is 3.51. The Kier molecular flexibility index (Phi) is 5.07. The number of aromatic nitrogens is 2. The van der Waals surface area contributed by atoms with Crippen LogP contribution >= 0.6 is 0 Å². The predicted octanol–water partition coefficient (Wildman–Crippen LogP) is 3.07. The van der Waals surface area contributed by atoms with Crippen LogP contribution < -0.4 is 5.32 Å². The summed E-state index contributed by atoms with van der Waals surface area (Å²) in [5, 5.41) is 7.43. The van der Waals surface area contributed by atoms with Crippen molar-refractivity contribution in [1.82, 2.24) is 15.1 Å². The lowest BCUT2D eigenvalue weighted by atomic mass is 9.69. The molecule has 0 radical (unpaired) electrons. The van der Waals surface area contributed by atoms with Crippen LogP contribution in [0.1, 0.15) is 58.6 Å². The van der Waals surface area contributed by atoms with Gasteiger partial charge in [0.1, 0.15) is 0 Å². The SMILES string of the molecule is Cn1nccc1CCC(=O)N[C@H]1CCCC[C@@H]1C(C)(C)C. The molecule has 0 aliphatic heterocycles. The smallest absolute Gasteiger partial charge is 0.220 e. The Morgan fingerprint density at radius 1 is 1.38 bits per heavy atom. The Balaban J connectivity index is 1.87. The van der Waals surface area contributed by atoms with Gasteiger partial charge in [-0.05, 0) is 36.7 Å². The normalized spacial score (nSPS) is 23.0. The van der Waals surface area contributed by atoms with Crippen LogP contribution in [-0.2, 0) is 18.3 Å². The monoisotopic (exact) mass is 291 g/mol. The Labute approximate surface area is 128 Å².